The molecule has 0 saturated heterocycles. The zero-order chi connectivity index (χ0) is 24.2. The van der Waals surface area contributed by atoms with Crippen molar-refractivity contribution in [1.29, 1.82) is 0 Å². The number of ether oxygens (including phenoxy) is 4. The molecule has 0 spiro atoms. The van der Waals surface area contributed by atoms with Gasteiger partial charge in [0.1, 0.15) is 0 Å². The lowest BCUT2D eigenvalue weighted by molar-refractivity contribution is -0.166. The van der Waals surface area contributed by atoms with E-state index in [-0.39, 0.29) is 0 Å². The molecule has 0 aliphatic carbocycles. The summed E-state index contributed by atoms with van der Waals surface area (Å²) in [5, 5.41) is 0. The summed E-state index contributed by atoms with van der Waals surface area (Å²) in [7, 11) is 0. The molecule has 0 amide bonds. The smallest absolute Gasteiger partial charge is 0.334 e. The van der Waals surface area contributed by atoms with Crippen LogP contribution in [-0.4, -0.2) is 24.5 Å². The largest absolute Gasteiger partial charge is 0.462 e. The zero-order valence-electron chi connectivity index (χ0n) is 21.0. The summed E-state index contributed by atoms with van der Waals surface area (Å²) in [6.07, 6.45) is 13.3. The number of hydrogen-bond donors (Lipinski definition) is 0. The highest BCUT2D eigenvalue weighted by molar-refractivity contribution is 5.91. The summed E-state index contributed by atoms with van der Waals surface area (Å²) in [6.45, 7) is 12.2. The van der Waals surface area contributed by atoms with E-state index >= 15 is 0 Å². The molecule has 0 heterocycles. The van der Waals surface area contributed by atoms with Crippen LogP contribution < -0.4 is 0 Å². The third-order valence-corrected chi connectivity index (χ3v) is 4.90. The van der Waals surface area contributed by atoms with Gasteiger partial charge >= 0.3 is 11.9 Å². The first-order valence-electron chi connectivity index (χ1n) is 12.2. The van der Waals surface area contributed by atoms with Crippen LogP contribution in [0.2, 0.25) is 0 Å². The van der Waals surface area contributed by atoms with Crippen molar-refractivity contribution >= 4 is 11.9 Å². The Morgan fingerprint density at radius 1 is 0.656 bits per heavy atom. The minimum Gasteiger partial charge on any atom is -0.462 e. The predicted octanol–water partition coefficient (Wildman–Crippen LogP) is 7.10. The van der Waals surface area contributed by atoms with Crippen LogP contribution in [0.4, 0.5) is 0 Å². The second-order valence-electron chi connectivity index (χ2n) is 7.62. The summed E-state index contributed by atoms with van der Waals surface area (Å²) in [4.78, 5) is 24.1. The van der Waals surface area contributed by atoms with Crippen molar-refractivity contribution < 1.29 is 28.5 Å². The number of carbonyl (C=O) groups is 2. The van der Waals surface area contributed by atoms with Gasteiger partial charge in [-0.1, -0.05) is 54.4 Å². The van der Waals surface area contributed by atoms with Gasteiger partial charge in [0, 0.05) is 25.0 Å². The number of hydrogen-bond acceptors (Lipinski definition) is 6. The minimum absolute atomic E-state index is 0.501. The molecule has 2 atom stereocenters. The Balaban J connectivity index is 4.65. The molecule has 0 aliphatic rings. The first-order valence-corrected chi connectivity index (χ1v) is 12.2. The molecule has 0 aromatic rings. The minimum atomic E-state index is -0.696. The van der Waals surface area contributed by atoms with Gasteiger partial charge in [-0.15, -0.1) is 0 Å². The quantitative estimate of drug-likeness (QED) is 0.0955. The fraction of sp³-hybridized carbons (Fsp3) is 0.692. The van der Waals surface area contributed by atoms with Crippen LogP contribution in [0.15, 0.2) is 35.8 Å². The zero-order valence-corrected chi connectivity index (χ0v) is 21.0. The monoisotopic (exact) mass is 452 g/mol. The third-order valence-electron chi connectivity index (χ3n) is 4.90. The van der Waals surface area contributed by atoms with Crippen LogP contribution >= 0.6 is 0 Å². The maximum Gasteiger partial charge on any atom is 0.334 e. The van der Waals surface area contributed by atoms with Crippen molar-refractivity contribution in [3.8, 4) is 0 Å². The van der Waals surface area contributed by atoms with Crippen molar-refractivity contribution in [3.63, 3.8) is 0 Å². The number of unbranched alkanes of at least 4 members (excludes halogenated alkanes) is 2. The van der Waals surface area contributed by atoms with Gasteiger partial charge in [-0.3, -0.25) is 0 Å². The highest BCUT2D eigenvalue weighted by Crippen LogP contribution is 2.14. The van der Waals surface area contributed by atoms with Crippen LogP contribution in [0, 0.1) is 0 Å². The van der Waals surface area contributed by atoms with E-state index in [4.69, 9.17) is 18.9 Å². The van der Waals surface area contributed by atoms with E-state index < -0.39 is 24.5 Å². The molecular weight excluding hydrogens is 408 g/mol. The molecule has 6 nitrogen and oxygen atoms in total. The molecule has 0 rings (SSSR count). The molecule has 0 saturated carbocycles. The molecule has 0 aromatic heterocycles. The van der Waals surface area contributed by atoms with E-state index in [2.05, 4.69) is 27.7 Å². The molecule has 0 radical (unpaired) electrons. The summed E-state index contributed by atoms with van der Waals surface area (Å²) in [6, 6.07) is 0. The van der Waals surface area contributed by atoms with Gasteiger partial charge < -0.3 is 18.9 Å². The van der Waals surface area contributed by atoms with Crippen molar-refractivity contribution in [2.24, 2.45) is 0 Å². The van der Waals surface area contributed by atoms with E-state index in [0.717, 1.165) is 63.5 Å². The summed E-state index contributed by atoms with van der Waals surface area (Å²) < 4.78 is 21.8. The lowest BCUT2D eigenvalue weighted by Gasteiger charge is -2.16. The number of carbonyl (C=O) groups excluding carboxylic acids is 2. The maximum absolute atomic E-state index is 12.1. The van der Waals surface area contributed by atoms with Gasteiger partial charge in [-0.25, -0.2) is 9.59 Å². The molecule has 184 valence electrons. The molecule has 0 fully saturated rings. The first-order chi connectivity index (χ1) is 15.4. The van der Waals surface area contributed by atoms with Gasteiger partial charge in [0.25, 0.3) is 0 Å². The highest BCUT2D eigenvalue weighted by Gasteiger charge is 2.13. The molecule has 0 aromatic carbocycles. The van der Waals surface area contributed by atoms with Gasteiger partial charge in [0.15, 0.2) is 0 Å². The lowest BCUT2D eigenvalue weighted by atomic mass is 10.1. The van der Waals surface area contributed by atoms with Gasteiger partial charge in [0.2, 0.25) is 12.6 Å². The summed E-state index contributed by atoms with van der Waals surface area (Å²) in [5.74, 6) is -1.31. The van der Waals surface area contributed by atoms with Gasteiger partial charge in [0.05, 0.1) is 12.5 Å². The van der Waals surface area contributed by atoms with Crippen molar-refractivity contribution in [3.05, 3.63) is 35.8 Å². The third kappa shape index (κ3) is 14.7. The second kappa shape index (κ2) is 19.4. The van der Waals surface area contributed by atoms with Crippen molar-refractivity contribution in [1.82, 2.24) is 0 Å². The average Bonchev–Trinajstić information content (AvgIpc) is 2.81. The maximum atomic E-state index is 12.1. The fourth-order valence-electron chi connectivity index (χ4n) is 2.68. The molecule has 0 bridgehead atoms. The Labute approximate surface area is 195 Å². The van der Waals surface area contributed by atoms with Crippen LogP contribution in [0.5, 0.6) is 0 Å². The topological polar surface area (TPSA) is 71.1 Å². The van der Waals surface area contributed by atoms with Gasteiger partial charge in [-0.2, -0.15) is 0 Å². The number of allylic oxidation sites excluding steroid dienone is 2. The van der Waals surface area contributed by atoms with Crippen LogP contribution in [-0.2, 0) is 28.5 Å². The fourth-order valence-corrected chi connectivity index (χ4v) is 2.68. The molecular formula is C26H44O6. The molecule has 0 aliphatic heterocycles. The normalized spacial score (nSPS) is 14.2. The Morgan fingerprint density at radius 2 is 1.03 bits per heavy atom. The first kappa shape index (κ1) is 29.8. The van der Waals surface area contributed by atoms with E-state index in [1.165, 1.54) is 11.1 Å². The number of rotatable bonds is 18. The molecule has 2 unspecified atom stereocenters. The average molecular weight is 453 g/mol. The van der Waals surface area contributed by atoms with E-state index in [9.17, 15) is 9.59 Å². The highest BCUT2D eigenvalue weighted by atomic mass is 16.7. The molecule has 6 heteroatoms. The SMILES string of the molecule is CCCCC(=COC(CC)OC(=O)C=CC(=O)OC(CC)OC=C(CC)CCCC)CC. The summed E-state index contributed by atoms with van der Waals surface area (Å²) >= 11 is 0. The lowest BCUT2D eigenvalue weighted by Crippen LogP contribution is -2.19. The Morgan fingerprint density at radius 3 is 1.31 bits per heavy atom. The Bertz CT molecular complexity index is 553. The van der Waals surface area contributed by atoms with E-state index in [1.807, 2.05) is 13.8 Å². The van der Waals surface area contributed by atoms with Crippen LogP contribution in [0.1, 0.15) is 106 Å². The van der Waals surface area contributed by atoms with Crippen LogP contribution in [0.25, 0.3) is 0 Å². The van der Waals surface area contributed by atoms with Gasteiger partial charge in [-0.05, 0) is 49.7 Å². The summed E-state index contributed by atoms with van der Waals surface area (Å²) in [5.41, 5.74) is 2.36. The standard InChI is InChI=1S/C26H44O6/c1-7-13-15-21(9-3)19-29-25(11-5)31-23(27)17-18-24(28)32-26(12-6)30-20-22(10-4)16-14-8-2/h17-20,25-26H,7-16H2,1-6H3. The van der Waals surface area contributed by atoms with Crippen LogP contribution in [0.3, 0.4) is 0 Å². The van der Waals surface area contributed by atoms with Crippen molar-refractivity contribution in [2.45, 2.75) is 118 Å². The molecule has 0 N–H and O–H groups in total. The predicted molar refractivity (Wildman–Crippen MR) is 127 cm³/mol. The molecule has 32 heavy (non-hydrogen) atoms. The number of esters is 2. The Kier molecular flexibility index (Phi) is 18.1. The van der Waals surface area contributed by atoms with Crippen molar-refractivity contribution in [2.75, 3.05) is 0 Å². The Hall–Kier alpha value is -2.24. The second-order valence-corrected chi connectivity index (χ2v) is 7.62. The van der Waals surface area contributed by atoms with E-state index in [1.54, 1.807) is 12.5 Å². The van der Waals surface area contributed by atoms with E-state index in [0.29, 0.717) is 12.8 Å².